The molecule has 4 bridgehead atoms. The van der Waals surface area contributed by atoms with E-state index in [1.807, 2.05) is 0 Å². The molecule has 2 unspecified atom stereocenters. The van der Waals surface area contributed by atoms with Crippen LogP contribution in [-0.4, -0.2) is 35.8 Å². The summed E-state index contributed by atoms with van der Waals surface area (Å²) < 4.78 is 0. The van der Waals surface area contributed by atoms with E-state index in [2.05, 4.69) is 4.90 Å². The summed E-state index contributed by atoms with van der Waals surface area (Å²) in [5, 5.41) is 0. The lowest BCUT2D eigenvalue weighted by Gasteiger charge is -2.56. The van der Waals surface area contributed by atoms with E-state index in [0.717, 1.165) is 48.9 Å². The zero-order valence-corrected chi connectivity index (χ0v) is 19.4. The molecule has 1 heterocycles. The number of Topliss-reactive ketones (excluding diaryl/α,β-unsaturated/α-hetero) is 1. The monoisotopic (exact) mass is 417 g/mol. The SMILES string of the molecule is O.O=C(CCCCCCN1CCC2CCCCC2C1)CC12CC3CC(CC(C3)C1)C2. The molecule has 0 aromatic rings. The standard InChI is InChI=1S/C27H45NO.H2O/c29-26(19-27-16-21-13-22(17-27)15-23(14-21)18-27)9-3-1-2-6-11-28-12-10-24-7-4-5-8-25(24)20-28;/h21-25H,1-20H2;1H2. The van der Waals surface area contributed by atoms with Gasteiger partial charge in [-0.25, -0.2) is 0 Å². The van der Waals surface area contributed by atoms with Gasteiger partial charge in [0.05, 0.1) is 0 Å². The highest BCUT2D eigenvalue weighted by Gasteiger charge is 2.51. The van der Waals surface area contributed by atoms with Gasteiger partial charge < -0.3 is 10.4 Å². The first-order chi connectivity index (χ1) is 14.2. The number of carbonyl (C=O) groups excluding carboxylic acids is 1. The van der Waals surface area contributed by atoms with Crippen molar-refractivity contribution in [2.45, 2.75) is 109 Å². The molecule has 172 valence electrons. The number of carbonyl (C=O) groups is 1. The van der Waals surface area contributed by atoms with E-state index in [0.29, 0.717) is 11.2 Å². The maximum absolute atomic E-state index is 12.7. The van der Waals surface area contributed by atoms with Crippen LogP contribution in [0.4, 0.5) is 0 Å². The third kappa shape index (κ3) is 5.31. The first kappa shape index (κ1) is 22.8. The van der Waals surface area contributed by atoms with E-state index in [1.54, 1.807) is 0 Å². The van der Waals surface area contributed by atoms with Gasteiger partial charge in [-0.05, 0) is 112 Å². The molecule has 2 N–H and O–H groups in total. The Balaban J connectivity index is 0.00000218. The lowest BCUT2D eigenvalue weighted by molar-refractivity contribution is -0.127. The van der Waals surface area contributed by atoms with Gasteiger partial charge in [0, 0.05) is 19.4 Å². The van der Waals surface area contributed by atoms with Crippen molar-refractivity contribution in [3.05, 3.63) is 0 Å². The second-order valence-corrected chi connectivity index (χ2v) is 12.2. The number of piperidine rings is 1. The molecule has 0 amide bonds. The van der Waals surface area contributed by atoms with Crippen molar-refractivity contribution in [3.63, 3.8) is 0 Å². The predicted octanol–water partition coefficient (Wildman–Crippen LogP) is 5.80. The zero-order chi connectivity index (χ0) is 19.7. The fourth-order valence-electron chi connectivity index (χ4n) is 8.90. The summed E-state index contributed by atoms with van der Waals surface area (Å²) in [6.45, 7) is 4.05. The molecule has 3 nitrogen and oxygen atoms in total. The molecule has 3 heteroatoms. The van der Waals surface area contributed by atoms with Crippen molar-refractivity contribution in [3.8, 4) is 0 Å². The summed E-state index contributed by atoms with van der Waals surface area (Å²) >= 11 is 0. The van der Waals surface area contributed by atoms with E-state index in [-0.39, 0.29) is 5.48 Å². The summed E-state index contributed by atoms with van der Waals surface area (Å²) in [4.78, 5) is 15.5. The van der Waals surface area contributed by atoms with Crippen LogP contribution in [0.25, 0.3) is 0 Å². The van der Waals surface area contributed by atoms with Crippen LogP contribution in [0.5, 0.6) is 0 Å². The summed E-state index contributed by atoms with van der Waals surface area (Å²) in [5.41, 5.74) is 0.455. The number of ketones is 1. The zero-order valence-electron chi connectivity index (χ0n) is 19.4. The quantitative estimate of drug-likeness (QED) is 0.445. The number of hydrogen-bond acceptors (Lipinski definition) is 2. The number of likely N-dealkylation sites (tertiary alicyclic amines) is 1. The minimum absolute atomic E-state index is 0. The van der Waals surface area contributed by atoms with Gasteiger partial charge >= 0.3 is 0 Å². The lowest BCUT2D eigenvalue weighted by atomic mass is 9.48. The van der Waals surface area contributed by atoms with Crippen LogP contribution in [-0.2, 0) is 4.79 Å². The first-order valence-electron chi connectivity index (χ1n) is 13.4. The molecule has 30 heavy (non-hydrogen) atoms. The largest absolute Gasteiger partial charge is 0.412 e. The minimum Gasteiger partial charge on any atom is -0.412 e. The van der Waals surface area contributed by atoms with Crippen LogP contribution in [0.2, 0.25) is 0 Å². The normalized spacial score (nSPS) is 40.1. The Bertz CT molecular complexity index is 538. The molecule has 2 atom stereocenters. The predicted molar refractivity (Wildman–Crippen MR) is 123 cm³/mol. The molecule has 6 aliphatic rings. The number of hydrogen-bond donors (Lipinski definition) is 0. The van der Waals surface area contributed by atoms with Gasteiger partial charge in [0.15, 0.2) is 0 Å². The van der Waals surface area contributed by atoms with E-state index in [1.165, 1.54) is 110 Å². The Morgan fingerprint density at radius 3 is 2.13 bits per heavy atom. The van der Waals surface area contributed by atoms with E-state index < -0.39 is 0 Å². The van der Waals surface area contributed by atoms with Crippen LogP contribution < -0.4 is 0 Å². The van der Waals surface area contributed by atoms with Gasteiger partial charge in [-0.15, -0.1) is 0 Å². The van der Waals surface area contributed by atoms with Crippen molar-refractivity contribution in [2.75, 3.05) is 19.6 Å². The van der Waals surface area contributed by atoms with E-state index in [9.17, 15) is 4.79 Å². The second kappa shape index (κ2) is 10.0. The number of nitrogens with zero attached hydrogens (tertiary/aromatic N) is 1. The molecule has 6 fully saturated rings. The fourth-order valence-corrected chi connectivity index (χ4v) is 8.90. The third-order valence-electron chi connectivity index (χ3n) is 9.79. The van der Waals surface area contributed by atoms with Gasteiger partial charge in [-0.1, -0.05) is 32.1 Å². The molecule has 0 aromatic heterocycles. The smallest absolute Gasteiger partial charge is 0.133 e. The van der Waals surface area contributed by atoms with Crippen molar-refractivity contribution in [2.24, 2.45) is 35.0 Å². The summed E-state index contributed by atoms with van der Waals surface area (Å²) in [5.74, 6) is 5.61. The maximum Gasteiger partial charge on any atom is 0.133 e. The molecule has 0 aromatic carbocycles. The molecular formula is C27H47NO2. The molecular weight excluding hydrogens is 370 g/mol. The summed E-state index contributed by atoms with van der Waals surface area (Å²) in [7, 11) is 0. The average Bonchev–Trinajstić information content (AvgIpc) is 2.69. The molecule has 1 aliphatic heterocycles. The first-order valence-corrected chi connectivity index (χ1v) is 13.4. The van der Waals surface area contributed by atoms with Crippen molar-refractivity contribution < 1.29 is 10.3 Å². The lowest BCUT2D eigenvalue weighted by Crippen LogP contribution is -2.46. The second-order valence-electron chi connectivity index (χ2n) is 12.2. The number of unbranched alkanes of at least 4 members (excludes halogenated alkanes) is 3. The average molecular weight is 418 g/mol. The number of rotatable bonds is 9. The van der Waals surface area contributed by atoms with Crippen LogP contribution in [0, 0.1) is 35.0 Å². The highest BCUT2D eigenvalue weighted by Crippen LogP contribution is 2.61. The van der Waals surface area contributed by atoms with Gasteiger partial charge in [0.1, 0.15) is 5.78 Å². The summed E-state index contributed by atoms with van der Waals surface area (Å²) in [6.07, 6.45) is 23.0. The number of fused-ring (bicyclic) bond motifs is 1. The summed E-state index contributed by atoms with van der Waals surface area (Å²) in [6, 6.07) is 0. The Kier molecular flexibility index (Phi) is 7.61. The fraction of sp³-hybridized carbons (Fsp3) is 0.963. The van der Waals surface area contributed by atoms with Crippen LogP contribution in [0.15, 0.2) is 0 Å². The molecule has 5 saturated carbocycles. The highest BCUT2D eigenvalue weighted by atomic mass is 16.1. The third-order valence-corrected chi connectivity index (χ3v) is 9.79. The molecule has 0 spiro atoms. The van der Waals surface area contributed by atoms with Crippen LogP contribution in [0.3, 0.4) is 0 Å². The maximum atomic E-state index is 12.7. The van der Waals surface area contributed by atoms with Gasteiger partial charge in [-0.3, -0.25) is 4.79 Å². The Morgan fingerprint density at radius 1 is 0.800 bits per heavy atom. The highest BCUT2D eigenvalue weighted by molar-refractivity contribution is 5.79. The Morgan fingerprint density at radius 2 is 1.43 bits per heavy atom. The minimum atomic E-state index is 0. The molecule has 6 rings (SSSR count). The van der Waals surface area contributed by atoms with E-state index >= 15 is 0 Å². The topological polar surface area (TPSA) is 51.8 Å². The van der Waals surface area contributed by atoms with Crippen molar-refractivity contribution in [1.82, 2.24) is 4.90 Å². The van der Waals surface area contributed by atoms with Crippen molar-refractivity contribution >= 4 is 5.78 Å². The molecule has 5 aliphatic carbocycles. The Hall–Kier alpha value is -0.410. The van der Waals surface area contributed by atoms with Gasteiger partial charge in [0.2, 0.25) is 0 Å². The van der Waals surface area contributed by atoms with Crippen molar-refractivity contribution in [1.29, 1.82) is 0 Å². The van der Waals surface area contributed by atoms with Gasteiger partial charge in [-0.2, -0.15) is 0 Å². The van der Waals surface area contributed by atoms with Gasteiger partial charge in [0.25, 0.3) is 0 Å². The molecule has 1 saturated heterocycles. The van der Waals surface area contributed by atoms with E-state index in [4.69, 9.17) is 0 Å². The van der Waals surface area contributed by atoms with Crippen LogP contribution in [0.1, 0.15) is 109 Å². The van der Waals surface area contributed by atoms with Crippen LogP contribution >= 0.6 is 0 Å². The Labute approximate surface area is 185 Å². The molecule has 0 radical (unpaired) electrons.